The van der Waals surface area contributed by atoms with Gasteiger partial charge in [-0.2, -0.15) is 5.48 Å². The van der Waals surface area contributed by atoms with Crippen LogP contribution in [-0.2, 0) is 4.84 Å². The molecule has 0 aliphatic heterocycles. The van der Waals surface area contributed by atoms with Crippen molar-refractivity contribution < 1.29 is 14.4 Å². The molecule has 0 aliphatic rings. The molecule has 0 aromatic heterocycles. The highest BCUT2D eigenvalue weighted by molar-refractivity contribution is 5.97. The molecule has 102 valence electrons. The first-order valence-corrected chi connectivity index (χ1v) is 5.79. The maximum atomic E-state index is 11.8. The molecule has 0 bridgehead atoms. The predicted octanol–water partition coefficient (Wildman–Crippen LogP) is 1.35. The average molecular weight is 271 g/mol. The van der Waals surface area contributed by atoms with Crippen LogP contribution < -0.4 is 16.9 Å². The molecule has 0 radical (unpaired) electrons. The molecule has 20 heavy (non-hydrogen) atoms. The molecule has 2 aromatic rings. The Hall–Kier alpha value is -3.02. The summed E-state index contributed by atoms with van der Waals surface area (Å²) in [5, 5.41) is 0. The summed E-state index contributed by atoms with van der Waals surface area (Å²) >= 11 is 0. The van der Waals surface area contributed by atoms with Crippen molar-refractivity contribution in [3.05, 3.63) is 59.7 Å². The monoisotopic (exact) mass is 271 g/mol. The van der Waals surface area contributed by atoms with Crippen molar-refractivity contribution in [2.45, 2.75) is 0 Å². The quantitative estimate of drug-likeness (QED) is 0.564. The zero-order valence-corrected chi connectivity index (χ0v) is 10.5. The minimum atomic E-state index is -0.657. The summed E-state index contributed by atoms with van der Waals surface area (Å²) in [5.74, 6) is -1.26. The van der Waals surface area contributed by atoms with Crippen LogP contribution in [0.15, 0.2) is 48.5 Å². The van der Waals surface area contributed by atoms with Crippen LogP contribution >= 0.6 is 0 Å². The number of benzene rings is 2. The van der Waals surface area contributed by atoms with E-state index in [9.17, 15) is 9.59 Å². The lowest BCUT2D eigenvalue weighted by Gasteiger charge is -2.07. The standard InChI is InChI=1S/C14H13N3O3/c15-11-6-10(7-12(16)8-11)13(18)17-20-14(19)9-4-2-1-3-5-9/h1-8H,15-16H2,(H,17,18). The summed E-state index contributed by atoms with van der Waals surface area (Å²) in [6.45, 7) is 0. The molecule has 2 rings (SSSR count). The summed E-state index contributed by atoms with van der Waals surface area (Å²) in [6, 6.07) is 12.7. The third-order valence-corrected chi connectivity index (χ3v) is 2.49. The normalized spacial score (nSPS) is 9.80. The van der Waals surface area contributed by atoms with Gasteiger partial charge in [-0.25, -0.2) is 4.79 Å². The van der Waals surface area contributed by atoms with Crippen LogP contribution in [-0.4, -0.2) is 11.9 Å². The van der Waals surface area contributed by atoms with Crippen LogP contribution in [0.1, 0.15) is 20.7 Å². The first kappa shape index (κ1) is 13.4. The second-order valence-corrected chi connectivity index (χ2v) is 4.08. The number of amides is 1. The molecule has 0 saturated carbocycles. The molecular weight excluding hydrogens is 258 g/mol. The van der Waals surface area contributed by atoms with Crippen molar-refractivity contribution in [2.24, 2.45) is 0 Å². The van der Waals surface area contributed by atoms with Gasteiger partial charge in [0.1, 0.15) is 0 Å². The summed E-state index contributed by atoms with van der Waals surface area (Å²) in [4.78, 5) is 28.1. The molecule has 0 fully saturated rings. The number of carbonyl (C=O) groups excluding carboxylic acids is 2. The van der Waals surface area contributed by atoms with Gasteiger partial charge in [0.2, 0.25) is 0 Å². The minimum absolute atomic E-state index is 0.211. The molecule has 0 spiro atoms. The molecule has 0 unspecified atom stereocenters. The Morgan fingerprint density at radius 1 is 0.900 bits per heavy atom. The molecule has 6 heteroatoms. The van der Waals surface area contributed by atoms with Gasteiger partial charge in [-0.1, -0.05) is 18.2 Å². The Kier molecular flexibility index (Phi) is 3.85. The van der Waals surface area contributed by atoms with E-state index in [1.807, 2.05) is 0 Å². The highest BCUT2D eigenvalue weighted by Gasteiger charge is 2.11. The van der Waals surface area contributed by atoms with E-state index in [2.05, 4.69) is 5.48 Å². The van der Waals surface area contributed by atoms with Crippen LogP contribution in [0.4, 0.5) is 11.4 Å². The van der Waals surface area contributed by atoms with Crippen molar-refractivity contribution >= 4 is 23.3 Å². The molecule has 0 heterocycles. The fourth-order valence-electron chi connectivity index (χ4n) is 1.59. The molecule has 1 amide bonds. The van der Waals surface area contributed by atoms with E-state index in [4.69, 9.17) is 16.3 Å². The molecule has 6 nitrogen and oxygen atoms in total. The van der Waals surface area contributed by atoms with Crippen LogP contribution in [0, 0.1) is 0 Å². The number of hydrogen-bond donors (Lipinski definition) is 3. The lowest BCUT2D eigenvalue weighted by Crippen LogP contribution is -2.27. The number of hydrogen-bond acceptors (Lipinski definition) is 5. The number of hydroxylamine groups is 1. The van der Waals surface area contributed by atoms with Gasteiger partial charge >= 0.3 is 5.97 Å². The molecule has 5 N–H and O–H groups in total. The fourth-order valence-corrected chi connectivity index (χ4v) is 1.59. The van der Waals surface area contributed by atoms with Crippen molar-refractivity contribution in [3.8, 4) is 0 Å². The zero-order valence-electron chi connectivity index (χ0n) is 10.5. The minimum Gasteiger partial charge on any atom is -0.399 e. The van der Waals surface area contributed by atoms with Crippen LogP contribution in [0.3, 0.4) is 0 Å². The van der Waals surface area contributed by atoms with Crippen molar-refractivity contribution in [2.75, 3.05) is 11.5 Å². The Balaban J connectivity index is 2.00. The number of carbonyl (C=O) groups is 2. The number of rotatable bonds is 2. The van der Waals surface area contributed by atoms with Crippen molar-refractivity contribution in [1.82, 2.24) is 5.48 Å². The molecule has 2 aromatic carbocycles. The fraction of sp³-hybridized carbons (Fsp3) is 0. The lowest BCUT2D eigenvalue weighted by molar-refractivity contribution is 0.0230. The second kappa shape index (κ2) is 5.75. The first-order chi connectivity index (χ1) is 9.56. The summed E-state index contributed by atoms with van der Waals surface area (Å²) in [7, 11) is 0. The van der Waals surface area contributed by atoms with E-state index in [0.717, 1.165) is 0 Å². The SMILES string of the molecule is Nc1cc(N)cc(C(=O)NOC(=O)c2ccccc2)c1. The predicted molar refractivity (Wildman–Crippen MR) is 74.6 cm³/mol. The summed E-state index contributed by atoms with van der Waals surface area (Å²) in [5.41, 5.74) is 14.5. The highest BCUT2D eigenvalue weighted by Crippen LogP contribution is 2.13. The molecular formula is C14H13N3O3. The maximum absolute atomic E-state index is 11.8. The number of nitrogens with one attached hydrogen (secondary N) is 1. The smallest absolute Gasteiger partial charge is 0.362 e. The van der Waals surface area contributed by atoms with Crippen molar-refractivity contribution in [3.63, 3.8) is 0 Å². The Morgan fingerprint density at radius 3 is 2.10 bits per heavy atom. The number of nitrogen functional groups attached to an aromatic ring is 2. The lowest BCUT2D eigenvalue weighted by atomic mass is 10.1. The first-order valence-electron chi connectivity index (χ1n) is 5.79. The summed E-state index contributed by atoms with van der Waals surface area (Å²) < 4.78 is 0. The van der Waals surface area contributed by atoms with Crippen LogP contribution in [0.25, 0.3) is 0 Å². The van der Waals surface area contributed by atoms with Gasteiger partial charge in [0.15, 0.2) is 0 Å². The Labute approximate surface area is 115 Å². The van der Waals surface area contributed by atoms with Gasteiger partial charge in [0.25, 0.3) is 5.91 Å². The molecule has 0 aliphatic carbocycles. The van der Waals surface area contributed by atoms with Gasteiger partial charge in [-0.05, 0) is 30.3 Å². The number of anilines is 2. The highest BCUT2D eigenvalue weighted by atomic mass is 16.7. The van der Waals surface area contributed by atoms with Crippen LogP contribution in [0.2, 0.25) is 0 Å². The van der Waals surface area contributed by atoms with E-state index in [0.29, 0.717) is 16.9 Å². The van der Waals surface area contributed by atoms with Gasteiger partial charge < -0.3 is 16.3 Å². The van der Waals surface area contributed by atoms with Crippen LogP contribution in [0.5, 0.6) is 0 Å². The topological polar surface area (TPSA) is 107 Å². The largest absolute Gasteiger partial charge is 0.399 e. The third kappa shape index (κ3) is 3.26. The van der Waals surface area contributed by atoms with E-state index in [-0.39, 0.29) is 5.56 Å². The van der Waals surface area contributed by atoms with Gasteiger partial charge in [0, 0.05) is 16.9 Å². The molecule has 0 atom stereocenters. The number of nitrogens with two attached hydrogens (primary N) is 2. The zero-order chi connectivity index (χ0) is 14.5. The second-order valence-electron chi connectivity index (χ2n) is 4.08. The average Bonchev–Trinajstić information content (AvgIpc) is 2.44. The van der Waals surface area contributed by atoms with Gasteiger partial charge in [0.05, 0.1) is 5.56 Å². The van der Waals surface area contributed by atoms with Crippen molar-refractivity contribution in [1.29, 1.82) is 0 Å². The van der Waals surface area contributed by atoms with E-state index in [1.54, 1.807) is 30.3 Å². The van der Waals surface area contributed by atoms with E-state index >= 15 is 0 Å². The maximum Gasteiger partial charge on any atom is 0.362 e. The summed E-state index contributed by atoms with van der Waals surface area (Å²) in [6.07, 6.45) is 0. The molecule has 0 saturated heterocycles. The van der Waals surface area contributed by atoms with Gasteiger partial charge in [-0.15, -0.1) is 0 Å². The van der Waals surface area contributed by atoms with E-state index in [1.165, 1.54) is 18.2 Å². The van der Waals surface area contributed by atoms with Gasteiger partial charge in [-0.3, -0.25) is 4.79 Å². The Morgan fingerprint density at radius 2 is 1.50 bits per heavy atom. The Bertz CT molecular complexity index is 621. The van der Waals surface area contributed by atoms with E-state index < -0.39 is 11.9 Å². The third-order valence-electron chi connectivity index (χ3n) is 2.49.